The topological polar surface area (TPSA) is 39.4 Å². The maximum absolute atomic E-state index is 12.4. The van der Waals surface area contributed by atoms with E-state index < -0.39 is 0 Å². The smallest absolute Gasteiger partial charge is 0.331 e. The first kappa shape index (κ1) is 18.5. The Morgan fingerprint density at radius 3 is 2.62 bits per heavy atom. The van der Waals surface area contributed by atoms with Crippen molar-refractivity contribution < 1.29 is 13.9 Å². The number of rotatable bonds is 5. The van der Waals surface area contributed by atoms with E-state index in [-0.39, 0.29) is 17.5 Å². The molecular formula is C23H28O3. The van der Waals surface area contributed by atoms with Gasteiger partial charge >= 0.3 is 5.97 Å². The average Bonchev–Trinajstić information content (AvgIpc) is 3.14. The molecular weight excluding hydrogens is 324 g/mol. The van der Waals surface area contributed by atoms with Gasteiger partial charge in [0.1, 0.15) is 11.9 Å². The highest BCUT2D eigenvalue weighted by molar-refractivity contribution is 5.86. The second-order valence-corrected chi connectivity index (χ2v) is 7.94. The quantitative estimate of drug-likeness (QED) is 0.518. The first-order chi connectivity index (χ1) is 12.5. The molecule has 0 N–H and O–H groups in total. The van der Waals surface area contributed by atoms with Crippen LogP contribution in [0.25, 0.3) is 6.08 Å². The van der Waals surface area contributed by atoms with Crippen molar-refractivity contribution in [2.24, 2.45) is 11.8 Å². The normalized spacial score (nSPS) is 23.9. The lowest BCUT2D eigenvalue weighted by Crippen LogP contribution is -2.43. The zero-order valence-corrected chi connectivity index (χ0v) is 15.9. The Morgan fingerprint density at radius 2 is 1.92 bits per heavy atom. The van der Waals surface area contributed by atoms with Gasteiger partial charge in [0.25, 0.3) is 0 Å². The van der Waals surface area contributed by atoms with Gasteiger partial charge in [0.05, 0.1) is 6.26 Å². The van der Waals surface area contributed by atoms with Crippen LogP contribution in [0.5, 0.6) is 0 Å². The Kier molecular flexibility index (Phi) is 5.65. The summed E-state index contributed by atoms with van der Waals surface area (Å²) in [5.41, 5.74) is 1.25. The Balaban J connectivity index is 1.75. The molecule has 0 amide bonds. The molecule has 0 bridgehead atoms. The first-order valence-electron chi connectivity index (χ1n) is 9.44. The van der Waals surface area contributed by atoms with Gasteiger partial charge in [-0.2, -0.15) is 0 Å². The van der Waals surface area contributed by atoms with Crippen molar-refractivity contribution in [3.63, 3.8) is 0 Å². The van der Waals surface area contributed by atoms with Gasteiger partial charge in [-0.15, -0.1) is 0 Å². The van der Waals surface area contributed by atoms with Gasteiger partial charge in [-0.05, 0) is 47.9 Å². The van der Waals surface area contributed by atoms with E-state index >= 15 is 0 Å². The summed E-state index contributed by atoms with van der Waals surface area (Å²) in [5.74, 6) is 1.24. The Hall–Kier alpha value is -2.29. The van der Waals surface area contributed by atoms with Crippen LogP contribution in [0.3, 0.4) is 0 Å². The van der Waals surface area contributed by atoms with Crippen molar-refractivity contribution in [3.05, 3.63) is 66.1 Å². The summed E-state index contributed by atoms with van der Waals surface area (Å²) < 4.78 is 11.1. The van der Waals surface area contributed by atoms with Crippen LogP contribution >= 0.6 is 0 Å². The van der Waals surface area contributed by atoms with Crippen LogP contribution in [0.2, 0.25) is 0 Å². The Bertz CT molecular complexity index is 728. The summed E-state index contributed by atoms with van der Waals surface area (Å²) in [6.45, 7) is 6.77. The summed E-state index contributed by atoms with van der Waals surface area (Å²) in [6.07, 6.45) is 7.81. The molecule has 3 atom stereocenters. The van der Waals surface area contributed by atoms with Gasteiger partial charge < -0.3 is 9.15 Å². The van der Waals surface area contributed by atoms with E-state index in [2.05, 4.69) is 45.0 Å². The monoisotopic (exact) mass is 352 g/mol. The van der Waals surface area contributed by atoms with E-state index in [1.807, 2.05) is 12.1 Å². The molecule has 0 saturated heterocycles. The third kappa shape index (κ3) is 4.27. The number of furan rings is 1. The second-order valence-electron chi connectivity index (χ2n) is 7.94. The van der Waals surface area contributed by atoms with E-state index in [4.69, 9.17) is 9.15 Å². The fraction of sp³-hybridized carbons (Fsp3) is 0.435. The van der Waals surface area contributed by atoms with Crippen LogP contribution in [0.1, 0.15) is 51.4 Å². The third-order valence-electron chi connectivity index (χ3n) is 5.69. The maximum Gasteiger partial charge on any atom is 0.331 e. The van der Waals surface area contributed by atoms with E-state index in [1.54, 1.807) is 18.4 Å². The fourth-order valence-corrected chi connectivity index (χ4v) is 4.09. The molecule has 2 aromatic rings. The van der Waals surface area contributed by atoms with Crippen LogP contribution < -0.4 is 0 Å². The van der Waals surface area contributed by atoms with Gasteiger partial charge in [-0.1, -0.05) is 57.5 Å². The van der Waals surface area contributed by atoms with Crippen LogP contribution in [-0.4, -0.2) is 12.1 Å². The summed E-state index contributed by atoms with van der Waals surface area (Å²) in [5, 5.41) is 0. The van der Waals surface area contributed by atoms with Crippen molar-refractivity contribution in [2.75, 3.05) is 0 Å². The highest BCUT2D eigenvalue weighted by atomic mass is 16.5. The van der Waals surface area contributed by atoms with Crippen molar-refractivity contribution in [2.45, 2.75) is 51.6 Å². The van der Waals surface area contributed by atoms with Gasteiger partial charge in [0.15, 0.2) is 0 Å². The molecule has 0 aliphatic heterocycles. The lowest BCUT2D eigenvalue weighted by Gasteiger charge is -2.43. The summed E-state index contributed by atoms with van der Waals surface area (Å²) >= 11 is 0. The largest absolute Gasteiger partial charge is 0.465 e. The van der Waals surface area contributed by atoms with Crippen molar-refractivity contribution in [3.8, 4) is 0 Å². The predicted molar refractivity (Wildman–Crippen MR) is 104 cm³/mol. The maximum atomic E-state index is 12.4. The Morgan fingerprint density at radius 1 is 1.15 bits per heavy atom. The van der Waals surface area contributed by atoms with Gasteiger partial charge in [0.2, 0.25) is 0 Å². The summed E-state index contributed by atoms with van der Waals surface area (Å²) in [7, 11) is 0. The van der Waals surface area contributed by atoms with Crippen molar-refractivity contribution in [1.29, 1.82) is 0 Å². The van der Waals surface area contributed by atoms with Crippen LogP contribution in [0, 0.1) is 11.8 Å². The molecule has 0 unspecified atom stereocenters. The number of hydrogen-bond acceptors (Lipinski definition) is 3. The molecule has 0 spiro atoms. The lowest BCUT2D eigenvalue weighted by molar-refractivity contribution is -0.150. The fourth-order valence-electron chi connectivity index (χ4n) is 4.09. The SMILES string of the molecule is C[C@@H]1CC[C@@H](C(C)(C)c2ccccc2)[C@H](OC(=O)/C=C/c2ccco2)C1. The zero-order chi connectivity index (χ0) is 18.6. The van der Waals surface area contributed by atoms with Gasteiger partial charge in [0, 0.05) is 12.0 Å². The van der Waals surface area contributed by atoms with Crippen molar-refractivity contribution >= 4 is 12.0 Å². The molecule has 3 rings (SSSR count). The molecule has 1 aromatic heterocycles. The van der Waals surface area contributed by atoms with Crippen LogP contribution in [-0.2, 0) is 14.9 Å². The van der Waals surface area contributed by atoms with Gasteiger partial charge in [-0.3, -0.25) is 0 Å². The molecule has 138 valence electrons. The number of ether oxygens (including phenoxy) is 1. The van der Waals surface area contributed by atoms with Gasteiger partial charge in [-0.25, -0.2) is 4.79 Å². The molecule has 1 aliphatic carbocycles. The number of benzene rings is 1. The number of carbonyl (C=O) groups is 1. The molecule has 1 heterocycles. The summed E-state index contributed by atoms with van der Waals surface area (Å²) in [6, 6.07) is 14.2. The highest BCUT2D eigenvalue weighted by Gasteiger charge is 2.41. The first-order valence-corrected chi connectivity index (χ1v) is 9.44. The molecule has 1 aromatic carbocycles. The minimum Gasteiger partial charge on any atom is -0.465 e. The molecule has 1 fully saturated rings. The molecule has 3 heteroatoms. The second kappa shape index (κ2) is 7.94. The van der Waals surface area contributed by atoms with Crippen LogP contribution in [0.4, 0.5) is 0 Å². The number of carbonyl (C=O) groups excluding carboxylic acids is 1. The summed E-state index contributed by atoms with van der Waals surface area (Å²) in [4.78, 5) is 12.4. The molecule has 26 heavy (non-hydrogen) atoms. The standard InChI is InChI=1S/C23H28O3/c1-17-11-13-20(23(2,3)18-8-5-4-6-9-18)21(16-17)26-22(24)14-12-19-10-7-15-25-19/h4-10,12,14-15,17,20-21H,11,13,16H2,1-3H3/b14-12+/t17-,20-,21-/m1/s1. The zero-order valence-electron chi connectivity index (χ0n) is 15.9. The predicted octanol–water partition coefficient (Wildman–Crippen LogP) is 5.62. The molecule has 3 nitrogen and oxygen atoms in total. The average molecular weight is 352 g/mol. The molecule has 0 radical (unpaired) electrons. The van der Waals surface area contributed by atoms with E-state index in [9.17, 15) is 4.79 Å². The Labute approximate surface area is 156 Å². The van der Waals surface area contributed by atoms with E-state index in [0.717, 1.165) is 12.8 Å². The molecule has 1 saturated carbocycles. The molecule has 1 aliphatic rings. The lowest BCUT2D eigenvalue weighted by atomic mass is 9.64. The number of hydrogen-bond donors (Lipinski definition) is 0. The number of esters is 1. The minimum absolute atomic E-state index is 0.0446. The third-order valence-corrected chi connectivity index (χ3v) is 5.69. The van der Waals surface area contributed by atoms with Crippen molar-refractivity contribution in [1.82, 2.24) is 0 Å². The highest BCUT2D eigenvalue weighted by Crippen LogP contribution is 2.43. The minimum atomic E-state index is -0.297. The van der Waals surface area contributed by atoms with Crippen LogP contribution in [0.15, 0.2) is 59.2 Å². The van der Waals surface area contributed by atoms with E-state index in [0.29, 0.717) is 17.6 Å². The van der Waals surface area contributed by atoms with E-state index in [1.165, 1.54) is 18.1 Å².